The van der Waals surface area contributed by atoms with Crippen molar-refractivity contribution in [3.63, 3.8) is 0 Å². The Labute approximate surface area is 216 Å². The van der Waals surface area contributed by atoms with Gasteiger partial charge in [-0.2, -0.15) is 0 Å². The first-order chi connectivity index (χ1) is 17.1. The Balaban J connectivity index is 0.000000201. The molecule has 4 bridgehead atoms. The highest BCUT2D eigenvalue weighted by atomic mass is 16.5. The highest BCUT2D eigenvalue weighted by molar-refractivity contribution is 5.68. The van der Waals surface area contributed by atoms with E-state index in [2.05, 4.69) is 45.9 Å². The molecule has 0 aromatic heterocycles. The first-order valence-corrected chi connectivity index (χ1v) is 13.6. The van der Waals surface area contributed by atoms with Crippen molar-refractivity contribution in [3.05, 3.63) is 24.3 Å². The average Bonchev–Trinajstić information content (AvgIpc) is 3.51. The number of ether oxygens (including phenoxy) is 3. The minimum atomic E-state index is -0.921. The summed E-state index contributed by atoms with van der Waals surface area (Å²) in [6.45, 7) is 11.2. The lowest BCUT2D eigenvalue weighted by Gasteiger charge is -2.34. The quantitative estimate of drug-likeness (QED) is 0.272. The minimum Gasteiger partial charge on any atom is -0.481 e. The lowest BCUT2D eigenvalue weighted by atomic mass is 9.75. The van der Waals surface area contributed by atoms with E-state index in [1.165, 1.54) is 12.8 Å². The summed E-state index contributed by atoms with van der Waals surface area (Å²) in [6, 6.07) is 0. The van der Waals surface area contributed by atoms with E-state index in [-0.39, 0.29) is 13.0 Å². The van der Waals surface area contributed by atoms with E-state index in [0.717, 1.165) is 44.8 Å². The maximum Gasteiger partial charge on any atom is 0.329 e. The van der Waals surface area contributed by atoms with Gasteiger partial charge >= 0.3 is 11.9 Å². The lowest BCUT2D eigenvalue weighted by molar-refractivity contribution is -0.141. The number of allylic oxidation sites excluding steroid dienone is 3. The Morgan fingerprint density at radius 1 is 0.861 bits per heavy atom. The Morgan fingerprint density at radius 3 is 1.83 bits per heavy atom. The van der Waals surface area contributed by atoms with Gasteiger partial charge in [-0.15, -0.1) is 0 Å². The summed E-state index contributed by atoms with van der Waals surface area (Å²) >= 11 is 0. The second kappa shape index (κ2) is 12.7. The van der Waals surface area contributed by atoms with Gasteiger partial charge in [-0.1, -0.05) is 52.0 Å². The number of fused-ring (bicyclic) bond motifs is 4. The zero-order valence-corrected chi connectivity index (χ0v) is 22.5. The summed E-state index contributed by atoms with van der Waals surface area (Å²) < 4.78 is 16.5. The molecule has 204 valence electrons. The van der Waals surface area contributed by atoms with Gasteiger partial charge in [0.25, 0.3) is 0 Å². The molecule has 4 rings (SSSR count). The van der Waals surface area contributed by atoms with Crippen molar-refractivity contribution in [3.8, 4) is 0 Å². The van der Waals surface area contributed by atoms with Crippen LogP contribution in [0, 0.1) is 34.5 Å². The van der Waals surface area contributed by atoms with Crippen molar-refractivity contribution < 1.29 is 34.0 Å². The third-order valence-electron chi connectivity index (χ3n) is 9.14. The van der Waals surface area contributed by atoms with Gasteiger partial charge < -0.3 is 24.4 Å². The van der Waals surface area contributed by atoms with Gasteiger partial charge in [0.15, 0.2) is 0 Å². The van der Waals surface area contributed by atoms with Crippen LogP contribution < -0.4 is 0 Å². The van der Waals surface area contributed by atoms with Gasteiger partial charge in [0, 0.05) is 6.42 Å². The third-order valence-corrected chi connectivity index (χ3v) is 9.14. The van der Waals surface area contributed by atoms with Crippen molar-refractivity contribution in [1.82, 2.24) is 0 Å². The second-order valence-corrected chi connectivity index (χ2v) is 12.0. The molecule has 2 heterocycles. The zero-order valence-electron chi connectivity index (χ0n) is 22.5. The van der Waals surface area contributed by atoms with E-state index in [0.29, 0.717) is 47.4 Å². The van der Waals surface area contributed by atoms with Crippen molar-refractivity contribution in [1.29, 1.82) is 0 Å². The Hall–Kier alpha value is -1.70. The Morgan fingerprint density at radius 2 is 1.39 bits per heavy atom. The van der Waals surface area contributed by atoms with E-state index >= 15 is 0 Å². The van der Waals surface area contributed by atoms with E-state index in [9.17, 15) is 9.59 Å². The molecule has 7 nitrogen and oxygen atoms in total. The molecule has 2 aliphatic carbocycles. The van der Waals surface area contributed by atoms with E-state index in [1.54, 1.807) is 0 Å². The highest BCUT2D eigenvalue weighted by Gasteiger charge is 2.54. The van der Waals surface area contributed by atoms with Crippen LogP contribution in [0.25, 0.3) is 0 Å². The molecule has 8 atom stereocenters. The summed E-state index contributed by atoms with van der Waals surface area (Å²) in [7, 11) is 0. The SMILES string of the molecule is CC1C2CC(C)(CO2)[C@H]1C/C=C\CCCC(=O)O.CC1C2CC(C)(CO2)[C@H]1C/C=C\COCC(=O)O. The molecule has 0 aromatic rings. The summed E-state index contributed by atoms with van der Waals surface area (Å²) in [4.78, 5) is 20.6. The number of carbonyl (C=O) groups is 2. The van der Waals surface area contributed by atoms with Gasteiger partial charge in [-0.3, -0.25) is 4.79 Å². The van der Waals surface area contributed by atoms with Crippen LogP contribution in [0.2, 0.25) is 0 Å². The van der Waals surface area contributed by atoms with Crippen molar-refractivity contribution in [2.24, 2.45) is 34.5 Å². The largest absolute Gasteiger partial charge is 0.481 e. The summed E-state index contributed by atoms with van der Waals surface area (Å²) in [5, 5.41) is 17.0. The van der Waals surface area contributed by atoms with Crippen LogP contribution in [0.5, 0.6) is 0 Å². The maximum absolute atomic E-state index is 10.4. The number of carboxylic acids is 2. The van der Waals surface area contributed by atoms with Gasteiger partial charge in [0.1, 0.15) is 6.61 Å². The average molecular weight is 507 g/mol. The number of rotatable bonds is 12. The molecule has 4 aliphatic rings. The molecule has 2 N–H and O–H groups in total. The van der Waals surface area contributed by atoms with Crippen molar-refractivity contribution >= 4 is 11.9 Å². The Kier molecular flexibility index (Phi) is 10.2. The molecule has 4 fully saturated rings. The molecular formula is C29H46O7. The van der Waals surface area contributed by atoms with Crippen molar-refractivity contribution in [2.45, 2.75) is 84.8 Å². The second-order valence-electron chi connectivity index (χ2n) is 12.0. The fourth-order valence-electron chi connectivity index (χ4n) is 6.98. The minimum absolute atomic E-state index is 0.224. The van der Waals surface area contributed by atoms with Gasteiger partial charge in [0.2, 0.25) is 0 Å². The Bertz CT molecular complexity index is 741. The number of unbranched alkanes of at least 4 members (excludes halogenated alkanes) is 1. The molecule has 0 aromatic carbocycles. The van der Waals surface area contributed by atoms with Gasteiger partial charge in [-0.25, -0.2) is 4.79 Å². The van der Waals surface area contributed by atoms with Crippen LogP contribution >= 0.6 is 0 Å². The number of aliphatic carboxylic acids is 2. The summed E-state index contributed by atoms with van der Waals surface area (Å²) in [5.74, 6) is 1.06. The highest BCUT2D eigenvalue weighted by Crippen LogP contribution is 2.55. The zero-order chi connectivity index (χ0) is 26.3. The van der Waals surface area contributed by atoms with Crippen LogP contribution in [-0.4, -0.2) is 60.8 Å². The smallest absolute Gasteiger partial charge is 0.329 e. The molecule has 6 unspecified atom stereocenters. The molecule has 36 heavy (non-hydrogen) atoms. The number of hydrogen-bond acceptors (Lipinski definition) is 5. The van der Waals surface area contributed by atoms with E-state index in [4.69, 9.17) is 24.4 Å². The summed E-state index contributed by atoms with van der Waals surface area (Å²) in [6.07, 6.45) is 15.8. The first kappa shape index (κ1) is 28.9. The fourth-order valence-corrected chi connectivity index (χ4v) is 6.98. The molecular weight excluding hydrogens is 460 g/mol. The lowest BCUT2D eigenvalue weighted by Crippen LogP contribution is -2.32. The topological polar surface area (TPSA) is 102 Å². The molecule has 0 amide bonds. The monoisotopic (exact) mass is 506 g/mol. The van der Waals surface area contributed by atoms with Crippen LogP contribution in [-0.2, 0) is 23.8 Å². The van der Waals surface area contributed by atoms with Gasteiger partial charge in [0.05, 0.1) is 32.0 Å². The van der Waals surface area contributed by atoms with E-state index < -0.39 is 11.9 Å². The first-order valence-electron chi connectivity index (χ1n) is 13.6. The molecule has 7 heteroatoms. The van der Waals surface area contributed by atoms with Crippen LogP contribution in [0.1, 0.15) is 72.6 Å². The predicted molar refractivity (Wildman–Crippen MR) is 138 cm³/mol. The normalized spacial score (nSPS) is 38.7. The van der Waals surface area contributed by atoms with Gasteiger partial charge in [-0.05, 0) is 73.0 Å². The van der Waals surface area contributed by atoms with Crippen LogP contribution in [0.15, 0.2) is 24.3 Å². The molecule has 2 aliphatic heterocycles. The van der Waals surface area contributed by atoms with E-state index in [1.807, 2.05) is 6.08 Å². The molecule has 0 spiro atoms. The molecule has 2 saturated carbocycles. The molecule has 0 radical (unpaired) electrons. The predicted octanol–water partition coefficient (Wildman–Crippen LogP) is 5.34. The fraction of sp³-hybridized carbons (Fsp3) is 0.793. The molecule has 2 saturated heterocycles. The summed E-state index contributed by atoms with van der Waals surface area (Å²) in [5.41, 5.74) is 0.700. The number of carboxylic acid groups (broad SMARTS) is 2. The van der Waals surface area contributed by atoms with Crippen molar-refractivity contribution in [2.75, 3.05) is 26.4 Å². The van der Waals surface area contributed by atoms with Crippen LogP contribution in [0.4, 0.5) is 0 Å². The number of hydrogen-bond donors (Lipinski definition) is 2. The third kappa shape index (κ3) is 7.20. The van der Waals surface area contributed by atoms with Crippen LogP contribution in [0.3, 0.4) is 0 Å². The maximum atomic E-state index is 10.4. The standard InChI is InChI=1S/C15H24O3.C14H22O4/c1-11-12(15(2)9-13(11)18-10-15)7-5-3-4-6-8-14(16)17;1-10-11(14(2)7-12(10)18-9-14)5-3-4-6-17-8-13(15)16/h3,5,11-13H,4,6-10H2,1-2H3,(H,16,17);3-4,10-12H,5-9H2,1-2H3,(H,15,16)/b5-3-;4-3-/t11?,12-,13?,15?;10?,11-,12?,14?/m00/s1.